The first-order valence-electron chi connectivity index (χ1n) is 6.10. The van der Waals surface area contributed by atoms with Crippen LogP contribution in [0.1, 0.15) is 42.9 Å². The normalized spacial score (nSPS) is 21.4. The van der Waals surface area contributed by atoms with Crippen LogP contribution in [-0.4, -0.2) is 23.5 Å². The monoisotopic (exact) mass is 253 g/mol. The first-order valence-corrected chi connectivity index (χ1v) is 6.98. The molecular weight excluding hydrogens is 234 g/mol. The lowest BCUT2D eigenvalue weighted by atomic mass is 10.1. The van der Waals surface area contributed by atoms with Gasteiger partial charge in [-0.05, 0) is 33.2 Å². The first kappa shape index (κ1) is 12.5. The molecule has 1 aromatic rings. The van der Waals surface area contributed by atoms with Crippen molar-refractivity contribution in [3.05, 3.63) is 16.1 Å². The molecule has 1 saturated heterocycles. The van der Waals surface area contributed by atoms with E-state index in [2.05, 4.69) is 15.6 Å². The minimum atomic E-state index is 0.0163. The van der Waals surface area contributed by atoms with Gasteiger partial charge in [-0.25, -0.2) is 4.98 Å². The van der Waals surface area contributed by atoms with Crippen LogP contribution in [0, 0.1) is 6.92 Å². The van der Waals surface area contributed by atoms with E-state index in [-0.39, 0.29) is 11.9 Å². The molecule has 0 spiro atoms. The number of hydrogen-bond acceptors (Lipinski definition) is 4. The van der Waals surface area contributed by atoms with Crippen LogP contribution < -0.4 is 10.6 Å². The fraction of sp³-hybridized carbons (Fsp3) is 0.667. The van der Waals surface area contributed by atoms with Crippen LogP contribution in [0.15, 0.2) is 5.38 Å². The van der Waals surface area contributed by atoms with Crippen molar-refractivity contribution in [2.45, 2.75) is 45.2 Å². The lowest BCUT2D eigenvalue weighted by molar-refractivity contribution is -0.122. The molecule has 2 heterocycles. The molecule has 17 heavy (non-hydrogen) atoms. The van der Waals surface area contributed by atoms with Crippen molar-refractivity contribution < 1.29 is 4.79 Å². The SMILES string of the molecule is Cc1csc(C(C)NC(=O)CC2CCCN2)n1. The zero-order chi connectivity index (χ0) is 12.3. The van der Waals surface area contributed by atoms with Gasteiger partial charge in [0.1, 0.15) is 5.01 Å². The van der Waals surface area contributed by atoms with E-state index < -0.39 is 0 Å². The number of aryl methyl sites for hydroxylation is 1. The van der Waals surface area contributed by atoms with Crippen LogP contribution in [-0.2, 0) is 4.79 Å². The molecule has 0 saturated carbocycles. The summed E-state index contributed by atoms with van der Waals surface area (Å²) in [4.78, 5) is 16.2. The lowest BCUT2D eigenvalue weighted by Gasteiger charge is -2.14. The summed E-state index contributed by atoms with van der Waals surface area (Å²) < 4.78 is 0. The zero-order valence-electron chi connectivity index (χ0n) is 10.3. The van der Waals surface area contributed by atoms with Gasteiger partial charge in [0.05, 0.1) is 6.04 Å². The molecule has 1 aromatic heterocycles. The maximum absolute atomic E-state index is 11.8. The standard InChI is InChI=1S/C12H19N3OS/c1-8-7-17-12(14-8)9(2)15-11(16)6-10-4-3-5-13-10/h7,9-10,13H,3-6H2,1-2H3,(H,15,16). The van der Waals surface area contributed by atoms with Gasteiger partial charge in [0.15, 0.2) is 0 Å². The van der Waals surface area contributed by atoms with Gasteiger partial charge >= 0.3 is 0 Å². The van der Waals surface area contributed by atoms with E-state index in [0.29, 0.717) is 12.5 Å². The van der Waals surface area contributed by atoms with Gasteiger partial charge in [0.2, 0.25) is 5.91 Å². The molecular formula is C12H19N3OS. The molecule has 2 atom stereocenters. The number of amides is 1. The van der Waals surface area contributed by atoms with Gasteiger partial charge in [0.25, 0.3) is 0 Å². The molecule has 4 nitrogen and oxygen atoms in total. The van der Waals surface area contributed by atoms with Crippen molar-refractivity contribution in [3.63, 3.8) is 0 Å². The van der Waals surface area contributed by atoms with Crippen LogP contribution in [0.2, 0.25) is 0 Å². The Hall–Kier alpha value is -0.940. The van der Waals surface area contributed by atoms with E-state index >= 15 is 0 Å². The van der Waals surface area contributed by atoms with Crippen molar-refractivity contribution in [3.8, 4) is 0 Å². The molecule has 1 amide bonds. The quantitative estimate of drug-likeness (QED) is 0.860. The number of nitrogens with one attached hydrogen (secondary N) is 2. The number of carbonyl (C=O) groups is 1. The Morgan fingerprint density at radius 2 is 2.59 bits per heavy atom. The average Bonchev–Trinajstić information content (AvgIpc) is 2.89. The molecule has 0 radical (unpaired) electrons. The minimum absolute atomic E-state index is 0.0163. The predicted octanol–water partition coefficient (Wildman–Crippen LogP) is 1.77. The van der Waals surface area contributed by atoms with Crippen LogP contribution in [0.3, 0.4) is 0 Å². The van der Waals surface area contributed by atoms with E-state index in [1.165, 1.54) is 6.42 Å². The Labute approximate surface area is 106 Å². The molecule has 94 valence electrons. The Balaban J connectivity index is 1.81. The highest BCUT2D eigenvalue weighted by Gasteiger charge is 2.19. The second-order valence-electron chi connectivity index (χ2n) is 4.61. The molecule has 1 aliphatic heterocycles. The first-order chi connectivity index (χ1) is 8.15. The maximum Gasteiger partial charge on any atom is 0.222 e. The molecule has 1 fully saturated rings. The summed E-state index contributed by atoms with van der Waals surface area (Å²) in [5, 5.41) is 9.33. The van der Waals surface area contributed by atoms with E-state index in [9.17, 15) is 4.79 Å². The smallest absolute Gasteiger partial charge is 0.222 e. The summed E-state index contributed by atoms with van der Waals surface area (Å²) >= 11 is 1.60. The second-order valence-corrected chi connectivity index (χ2v) is 5.50. The number of thiazole rings is 1. The van der Waals surface area contributed by atoms with E-state index in [1.54, 1.807) is 11.3 Å². The maximum atomic E-state index is 11.8. The van der Waals surface area contributed by atoms with Crippen molar-refractivity contribution in [2.75, 3.05) is 6.54 Å². The number of nitrogens with zero attached hydrogens (tertiary/aromatic N) is 1. The average molecular weight is 253 g/mol. The Morgan fingerprint density at radius 3 is 3.18 bits per heavy atom. The van der Waals surface area contributed by atoms with Gasteiger partial charge < -0.3 is 10.6 Å². The summed E-state index contributed by atoms with van der Waals surface area (Å²) in [5.74, 6) is 0.116. The summed E-state index contributed by atoms with van der Waals surface area (Å²) in [6.45, 7) is 4.99. The number of carbonyl (C=O) groups excluding carboxylic acids is 1. The van der Waals surface area contributed by atoms with Crippen molar-refractivity contribution >= 4 is 17.2 Å². The third-order valence-electron chi connectivity index (χ3n) is 2.98. The molecule has 1 aliphatic rings. The predicted molar refractivity (Wildman–Crippen MR) is 69.1 cm³/mol. The van der Waals surface area contributed by atoms with Gasteiger partial charge in [0, 0.05) is 23.5 Å². The third kappa shape index (κ3) is 3.51. The summed E-state index contributed by atoms with van der Waals surface area (Å²) in [6, 6.07) is 0.378. The molecule has 0 bridgehead atoms. The summed E-state index contributed by atoms with van der Waals surface area (Å²) in [6.07, 6.45) is 2.87. The Kier molecular flexibility index (Phi) is 4.12. The number of aromatic nitrogens is 1. The van der Waals surface area contributed by atoms with Crippen LogP contribution in [0.4, 0.5) is 0 Å². The van der Waals surface area contributed by atoms with E-state index in [4.69, 9.17) is 0 Å². The van der Waals surface area contributed by atoms with Crippen molar-refractivity contribution in [2.24, 2.45) is 0 Å². The van der Waals surface area contributed by atoms with E-state index in [1.807, 2.05) is 19.2 Å². The second kappa shape index (κ2) is 5.60. The van der Waals surface area contributed by atoms with Gasteiger partial charge in [-0.15, -0.1) is 11.3 Å². The summed E-state index contributed by atoms with van der Waals surface area (Å²) in [5.41, 5.74) is 1.02. The van der Waals surface area contributed by atoms with Crippen molar-refractivity contribution in [1.82, 2.24) is 15.6 Å². The molecule has 5 heteroatoms. The lowest BCUT2D eigenvalue weighted by Crippen LogP contribution is -2.33. The van der Waals surface area contributed by atoms with Crippen LogP contribution >= 0.6 is 11.3 Å². The van der Waals surface area contributed by atoms with Crippen molar-refractivity contribution in [1.29, 1.82) is 0 Å². The molecule has 2 N–H and O–H groups in total. The van der Waals surface area contributed by atoms with Gasteiger partial charge in [-0.3, -0.25) is 4.79 Å². The molecule has 2 unspecified atom stereocenters. The Bertz CT molecular complexity index is 385. The molecule has 0 aliphatic carbocycles. The third-order valence-corrected chi connectivity index (χ3v) is 4.12. The topological polar surface area (TPSA) is 54.0 Å². The van der Waals surface area contributed by atoms with Crippen LogP contribution in [0.5, 0.6) is 0 Å². The summed E-state index contributed by atoms with van der Waals surface area (Å²) in [7, 11) is 0. The van der Waals surface area contributed by atoms with E-state index in [0.717, 1.165) is 23.7 Å². The highest BCUT2D eigenvalue weighted by atomic mass is 32.1. The number of hydrogen-bond donors (Lipinski definition) is 2. The molecule has 0 aromatic carbocycles. The number of rotatable bonds is 4. The zero-order valence-corrected chi connectivity index (χ0v) is 11.1. The molecule has 2 rings (SSSR count). The van der Waals surface area contributed by atoms with Gasteiger partial charge in [-0.2, -0.15) is 0 Å². The van der Waals surface area contributed by atoms with Crippen LogP contribution in [0.25, 0.3) is 0 Å². The largest absolute Gasteiger partial charge is 0.347 e. The highest BCUT2D eigenvalue weighted by Crippen LogP contribution is 2.18. The highest BCUT2D eigenvalue weighted by molar-refractivity contribution is 7.09. The fourth-order valence-electron chi connectivity index (χ4n) is 2.09. The Morgan fingerprint density at radius 1 is 1.76 bits per heavy atom. The minimum Gasteiger partial charge on any atom is -0.347 e. The van der Waals surface area contributed by atoms with Gasteiger partial charge in [-0.1, -0.05) is 0 Å². The fourth-order valence-corrected chi connectivity index (χ4v) is 2.89.